The highest BCUT2D eigenvalue weighted by molar-refractivity contribution is 7.86. The first-order valence-corrected chi connectivity index (χ1v) is 9.66. The first-order chi connectivity index (χ1) is 11.9. The molecule has 0 bridgehead atoms. The first kappa shape index (κ1) is 21.6. The van der Waals surface area contributed by atoms with E-state index in [0.717, 1.165) is 18.4 Å². The van der Waals surface area contributed by atoms with Gasteiger partial charge in [0.1, 0.15) is 0 Å². The molecule has 0 radical (unpaired) electrons. The fraction of sp³-hybridized carbons (Fsp3) is 0.588. The summed E-state index contributed by atoms with van der Waals surface area (Å²) in [7, 11) is -3.68. The summed E-state index contributed by atoms with van der Waals surface area (Å²) < 4.78 is 39.3. The molecule has 1 aromatic carbocycles. The van der Waals surface area contributed by atoms with Crippen molar-refractivity contribution >= 4 is 16.1 Å². The molecule has 0 aromatic heterocycles. The van der Waals surface area contributed by atoms with Gasteiger partial charge in [-0.15, -0.1) is 0 Å². The highest BCUT2D eigenvalue weighted by Crippen LogP contribution is 2.13. The van der Waals surface area contributed by atoms with Crippen molar-refractivity contribution in [1.29, 1.82) is 0 Å². The molecule has 0 atom stereocenters. The van der Waals surface area contributed by atoms with Gasteiger partial charge in [0, 0.05) is 6.61 Å². The summed E-state index contributed by atoms with van der Waals surface area (Å²) in [6, 6.07) is 6.55. The summed E-state index contributed by atoms with van der Waals surface area (Å²) >= 11 is 0. The van der Waals surface area contributed by atoms with Crippen molar-refractivity contribution in [3.63, 3.8) is 0 Å². The largest absolute Gasteiger partial charge is 0.481 e. The SMILES string of the molecule is Cc1ccc(S(=O)(=O)OCCCCCOCCOCCC(=O)O)cc1. The number of aryl methyl sites for hydroxylation is 1. The number of carbonyl (C=O) groups is 1. The molecule has 0 aliphatic heterocycles. The summed E-state index contributed by atoms with van der Waals surface area (Å²) in [5, 5.41) is 8.42. The van der Waals surface area contributed by atoms with Crippen LogP contribution in [-0.2, 0) is 28.6 Å². The van der Waals surface area contributed by atoms with E-state index in [1.807, 2.05) is 6.92 Å². The monoisotopic (exact) mass is 374 g/mol. The highest BCUT2D eigenvalue weighted by Gasteiger charge is 2.14. The number of carboxylic acids is 1. The third-order valence-electron chi connectivity index (χ3n) is 3.31. The lowest BCUT2D eigenvalue weighted by Crippen LogP contribution is -2.09. The molecule has 7 nitrogen and oxygen atoms in total. The molecule has 1 rings (SSSR count). The van der Waals surface area contributed by atoms with Crippen molar-refractivity contribution in [3.05, 3.63) is 29.8 Å². The molecular formula is C17H26O7S. The zero-order valence-electron chi connectivity index (χ0n) is 14.5. The molecule has 0 aliphatic carbocycles. The molecule has 0 amide bonds. The van der Waals surface area contributed by atoms with Crippen LogP contribution in [0.3, 0.4) is 0 Å². The van der Waals surface area contributed by atoms with Crippen LogP contribution in [0.25, 0.3) is 0 Å². The molecule has 0 unspecified atom stereocenters. The highest BCUT2D eigenvalue weighted by atomic mass is 32.2. The zero-order chi connectivity index (χ0) is 18.5. The summed E-state index contributed by atoms with van der Waals surface area (Å²) in [4.78, 5) is 10.4. The number of aliphatic carboxylic acids is 1. The lowest BCUT2D eigenvalue weighted by molar-refractivity contribution is -0.138. The van der Waals surface area contributed by atoms with Gasteiger partial charge >= 0.3 is 5.97 Å². The predicted molar refractivity (Wildman–Crippen MR) is 92.1 cm³/mol. The van der Waals surface area contributed by atoms with Crippen LogP contribution in [0.2, 0.25) is 0 Å². The van der Waals surface area contributed by atoms with Gasteiger partial charge in [-0.2, -0.15) is 8.42 Å². The van der Waals surface area contributed by atoms with Crippen LogP contribution in [0.1, 0.15) is 31.2 Å². The molecule has 142 valence electrons. The van der Waals surface area contributed by atoms with Gasteiger partial charge < -0.3 is 14.6 Å². The van der Waals surface area contributed by atoms with Crippen LogP contribution in [0.4, 0.5) is 0 Å². The van der Waals surface area contributed by atoms with Crippen LogP contribution < -0.4 is 0 Å². The van der Waals surface area contributed by atoms with E-state index in [4.69, 9.17) is 18.8 Å². The predicted octanol–water partition coefficient (Wildman–Crippen LogP) is 2.38. The number of hydrogen-bond donors (Lipinski definition) is 1. The average molecular weight is 374 g/mol. The van der Waals surface area contributed by atoms with Gasteiger partial charge in [0.15, 0.2) is 0 Å². The maximum Gasteiger partial charge on any atom is 0.305 e. The smallest absolute Gasteiger partial charge is 0.305 e. The van der Waals surface area contributed by atoms with E-state index in [1.165, 1.54) is 12.1 Å². The summed E-state index contributed by atoms with van der Waals surface area (Å²) in [5.74, 6) is -0.882. The fourth-order valence-corrected chi connectivity index (χ4v) is 2.85. The van der Waals surface area contributed by atoms with Gasteiger partial charge in [-0.25, -0.2) is 0 Å². The van der Waals surface area contributed by atoms with Crippen molar-refractivity contribution < 1.29 is 32.0 Å². The van der Waals surface area contributed by atoms with Gasteiger partial charge in [0.2, 0.25) is 0 Å². The Labute approximate surface area is 149 Å². The standard InChI is InChI=1S/C17H26O7S/c1-15-5-7-16(8-6-15)25(20,21)24-11-4-2-3-10-22-13-14-23-12-9-17(18)19/h5-8H,2-4,9-14H2,1H3,(H,18,19). The Morgan fingerprint density at radius 1 is 0.920 bits per heavy atom. The quantitative estimate of drug-likeness (QED) is 0.394. The normalized spacial score (nSPS) is 11.6. The number of ether oxygens (including phenoxy) is 2. The van der Waals surface area contributed by atoms with Gasteiger partial charge in [-0.3, -0.25) is 8.98 Å². The van der Waals surface area contributed by atoms with E-state index in [9.17, 15) is 13.2 Å². The van der Waals surface area contributed by atoms with E-state index >= 15 is 0 Å². The van der Waals surface area contributed by atoms with E-state index in [-0.39, 0.29) is 24.5 Å². The van der Waals surface area contributed by atoms with Crippen LogP contribution in [0.5, 0.6) is 0 Å². The Balaban J connectivity index is 1.99. The van der Waals surface area contributed by atoms with Crippen molar-refractivity contribution in [2.75, 3.05) is 33.0 Å². The van der Waals surface area contributed by atoms with Crippen LogP contribution in [0, 0.1) is 6.92 Å². The third kappa shape index (κ3) is 10.2. The molecular weight excluding hydrogens is 348 g/mol. The summed E-state index contributed by atoms with van der Waals surface area (Å²) in [5.41, 5.74) is 0.992. The molecule has 1 aromatic rings. The van der Waals surface area contributed by atoms with E-state index in [0.29, 0.717) is 26.2 Å². The van der Waals surface area contributed by atoms with Gasteiger partial charge in [0.05, 0.1) is 37.7 Å². The maximum atomic E-state index is 11.9. The van der Waals surface area contributed by atoms with Crippen LogP contribution in [0.15, 0.2) is 29.2 Å². The Hall–Kier alpha value is -1.48. The van der Waals surface area contributed by atoms with Crippen molar-refractivity contribution in [1.82, 2.24) is 0 Å². The minimum Gasteiger partial charge on any atom is -0.481 e. The molecule has 0 saturated carbocycles. The number of carboxylic acid groups (broad SMARTS) is 1. The number of hydrogen-bond acceptors (Lipinski definition) is 6. The molecule has 0 heterocycles. The van der Waals surface area contributed by atoms with E-state index < -0.39 is 16.1 Å². The van der Waals surface area contributed by atoms with E-state index in [1.54, 1.807) is 12.1 Å². The zero-order valence-corrected chi connectivity index (χ0v) is 15.3. The van der Waals surface area contributed by atoms with Gasteiger partial charge in [-0.05, 0) is 38.3 Å². The minimum absolute atomic E-state index is 0.00844. The van der Waals surface area contributed by atoms with Crippen LogP contribution >= 0.6 is 0 Å². The second kappa shape index (κ2) is 12.0. The Morgan fingerprint density at radius 2 is 1.52 bits per heavy atom. The second-order valence-corrected chi connectivity index (χ2v) is 7.13. The molecule has 1 N–H and O–H groups in total. The van der Waals surface area contributed by atoms with E-state index in [2.05, 4.69) is 0 Å². The number of unbranched alkanes of at least 4 members (excludes halogenated alkanes) is 2. The first-order valence-electron chi connectivity index (χ1n) is 8.25. The van der Waals surface area contributed by atoms with Gasteiger partial charge in [-0.1, -0.05) is 17.7 Å². The molecule has 0 spiro atoms. The Kier molecular flexibility index (Phi) is 10.3. The second-order valence-electron chi connectivity index (χ2n) is 5.52. The molecule has 0 aliphatic rings. The molecule has 0 saturated heterocycles. The topological polar surface area (TPSA) is 99.1 Å². The fourth-order valence-electron chi connectivity index (χ4n) is 1.91. The Morgan fingerprint density at radius 3 is 2.16 bits per heavy atom. The Bertz CT molecular complexity index is 596. The van der Waals surface area contributed by atoms with Crippen molar-refractivity contribution in [3.8, 4) is 0 Å². The van der Waals surface area contributed by atoms with Gasteiger partial charge in [0.25, 0.3) is 10.1 Å². The minimum atomic E-state index is -3.68. The number of rotatable bonds is 14. The van der Waals surface area contributed by atoms with Crippen LogP contribution in [-0.4, -0.2) is 52.5 Å². The lowest BCUT2D eigenvalue weighted by Gasteiger charge is -2.07. The lowest BCUT2D eigenvalue weighted by atomic mass is 10.2. The maximum absolute atomic E-state index is 11.9. The third-order valence-corrected chi connectivity index (χ3v) is 4.64. The van der Waals surface area contributed by atoms with Crippen molar-refractivity contribution in [2.45, 2.75) is 37.5 Å². The average Bonchev–Trinajstić information content (AvgIpc) is 2.56. The molecule has 25 heavy (non-hydrogen) atoms. The van der Waals surface area contributed by atoms with Crippen molar-refractivity contribution in [2.24, 2.45) is 0 Å². The molecule has 8 heteroatoms. The summed E-state index contributed by atoms with van der Waals surface area (Å²) in [6.07, 6.45) is 2.21. The number of benzene rings is 1. The molecule has 0 fully saturated rings. The summed E-state index contributed by atoms with van der Waals surface area (Å²) in [6.45, 7) is 3.55.